The van der Waals surface area contributed by atoms with E-state index in [1.54, 1.807) is 20.5 Å². The van der Waals surface area contributed by atoms with Crippen LogP contribution in [-0.4, -0.2) is 79.0 Å². The molecule has 0 spiro atoms. The molecule has 4 aromatic rings. The number of hydrogen-bond acceptors (Lipinski definition) is 7. The highest BCUT2D eigenvalue weighted by molar-refractivity contribution is 7.84. The molecule has 4 atom stereocenters. The van der Waals surface area contributed by atoms with Gasteiger partial charge in [-0.05, 0) is 61.8 Å². The Balaban J connectivity index is 1.39. The van der Waals surface area contributed by atoms with E-state index in [2.05, 4.69) is 15.2 Å². The van der Waals surface area contributed by atoms with Gasteiger partial charge in [0.05, 0.1) is 25.4 Å². The van der Waals surface area contributed by atoms with Crippen LogP contribution in [0.1, 0.15) is 36.0 Å². The van der Waals surface area contributed by atoms with Crippen molar-refractivity contribution in [2.75, 3.05) is 32.8 Å². The largest absolute Gasteiger partial charge is 0.494 e. The minimum Gasteiger partial charge on any atom is -0.494 e. The predicted molar refractivity (Wildman–Crippen MR) is 159 cm³/mol. The van der Waals surface area contributed by atoms with E-state index >= 15 is 0 Å². The van der Waals surface area contributed by atoms with Crippen molar-refractivity contribution in [2.45, 2.75) is 50.9 Å². The van der Waals surface area contributed by atoms with Crippen LogP contribution in [0.4, 0.5) is 0 Å². The zero-order valence-electron chi connectivity index (χ0n) is 23.7. The number of imidazole rings is 1. The lowest BCUT2D eigenvalue weighted by Crippen LogP contribution is -2.41. The van der Waals surface area contributed by atoms with Crippen LogP contribution in [0.25, 0.3) is 33.6 Å². The summed E-state index contributed by atoms with van der Waals surface area (Å²) >= 11 is 0. The Bertz CT molecular complexity index is 1690. The van der Waals surface area contributed by atoms with Crippen molar-refractivity contribution in [3.63, 3.8) is 0 Å². The number of carbonyl (C=O) groups is 1. The minimum atomic E-state index is -1.01. The summed E-state index contributed by atoms with van der Waals surface area (Å²) in [5.74, 6) is 3.28. The molecule has 1 aliphatic heterocycles. The molecule has 1 aromatic carbocycles. The van der Waals surface area contributed by atoms with E-state index in [1.165, 1.54) is 12.8 Å². The Morgan fingerprint density at radius 2 is 1.90 bits per heavy atom. The third-order valence-corrected chi connectivity index (χ3v) is 9.84. The van der Waals surface area contributed by atoms with Crippen molar-refractivity contribution in [1.29, 1.82) is 0 Å². The van der Waals surface area contributed by atoms with Gasteiger partial charge >= 0.3 is 0 Å². The molecular formula is C30H36N6O4S. The highest BCUT2D eigenvalue weighted by Crippen LogP contribution is 2.40. The molecule has 2 saturated carbocycles. The van der Waals surface area contributed by atoms with Crippen molar-refractivity contribution in [2.24, 2.45) is 17.6 Å². The number of pyridine rings is 1. The van der Waals surface area contributed by atoms with Gasteiger partial charge in [0.15, 0.2) is 5.82 Å². The molecule has 1 saturated heterocycles. The molecule has 0 radical (unpaired) electrons. The van der Waals surface area contributed by atoms with E-state index in [0.29, 0.717) is 53.4 Å². The number of aromatic nitrogens is 4. The third kappa shape index (κ3) is 4.50. The number of nitrogens with two attached hydrogens (primary N) is 1. The van der Waals surface area contributed by atoms with Gasteiger partial charge in [0, 0.05) is 71.5 Å². The molecule has 2 bridgehead atoms. The number of fused-ring (bicyclic) bond motifs is 4. The molecule has 7 rings (SSSR count). The highest BCUT2D eigenvalue weighted by Gasteiger charge is 2.47. The maximum absolute atomic E-state index is 13.7. The number of ether oxygens (including phenoxy) is 2. The fraction of sp³-hybridized carbons (Fsp3) is 0.500. The van der Waals surface area contributed by atoms with Crippen LogP contribution < -0.4 is 15.2 Å². The normalized spacial score (nSPS) is 22.6. The van der Waals surface area contributed by atoms with Crippen molar-refractivity contribution < 1.29 is 18.5 Å². The Labute approximate surface area is 241 Å². The lowest BCUT2D eigenvalue weighted by Gasteiger charge is -2.27. The van der Waals surface area contributed by atoms with Gasteiger partial charge < -0.3 is 29.2 Å². The molecular weight excluding hydrogens is 540 g/mol. The highest BCUT2D eigenvalue weighted by atomic mass is 32.2. The quantitative estimate of drug-likeness (QED) is 0.324. The molecule has 10 nitrogen and oxygen atoms in total. The number of piperidine rings is 1. The van der Waals surface area contributed by atoms with Gasteiger partial charge in [-0.2, -0.15) is 4.98 Å². The Hall–Kier alpha value is -3.44. The lowest BCUT2D eigenvalue weighted by atomic mass is 10.1. The topological polar surface area (TPSA) is 118 Å². The summed E-state index contributed by atoms with van der Waals surface area (Å²) in [5, 5.41) is 1.00. The van der Waals surface area contributed by atoms with Gasteiger partial charge in [-0.1, -0.05) is 0 Å². The SMILES string of the molecule is COc1ccc2cc(-c3nc4cc(C(=O)N5C[C@H]6CCC5[C@@H]6N)cc(OC)c4n3CCS(C)=O)n(CC3CC3)c2n1. The molecule has 3 aliphatic rings. The maximum atomic E-state index is 13.7. The summed E-state index contributed by atoms with van der Waals surface area (Å²) in [6.07, 6.45) is 6.13. The van der Waals surface area contributed by atoms with Gasteiger partial charge in [-0.15, -0.1) is 0 Å². The van der Waals surface area contributed by atoms with E-state index in [1.807, 2.05) is 29.2 Å². The fourth-order valence-corrected chi connectivity index (χ4v) is 7.18. The number of methoxy groups -OCH3 is 2. The van der Waals surface area contributed by atoms with Crippen molar-refractivity contribution >= 4 is 38.8 Å². The summed E-state index contributed by atoms with van der Waals surface area (Å²) in [7, 11) is 2.24. The van der Waals surface area contributed by atoms with Crippen molar-refractivity contribution in [1.82, 2.24) is 24.0 Å². The maximum Gasteiger partial charge on any atom is 0.254 e. The summed E-state index contributed by atoms with van der Waals surface area (Å²) in [6, 6.07) is 9.83. The second kappa shape index (κ2) is 10.1. The van der Waals surface area contributed by atoms with Gasteiger partial charge in [0.25, 0.3) is 5.91 Å². The van der Waals surface area contributed by atoms with Crippen LogP contribution in [0, 0.1) is 11.8 Å². The molecule has 1 amide bonds. The molecule has 2 aliphatic carbocycles. The number of rotatable bonds is 9. The first kappa shape index (κ1) is 26.5. The minimum absolute atomic E-state index is 0.0299. The number of likely N-dealkylation sites (tertiary alicyclic amines) is 1. The number of amides is 1. The Kier molecular flexibility index (Phi) is 6.54. The van der Waals surface area contributed by atoms with Gasteiger partial charge in [0.1, 0.15) is 16.9 Å². The van der Waals surface area contributed by atoms with Crippen LogP contribution in [0.2, 0.25) is 0 Å². The summed E-state index contributed by atoms with van der Waals surface area (Å²) in [6.45, 7) is 2.02. The second-order valence-corrected chi connectivity index (χ2v) is 13.3. The average molecular weight is 577 g/mol. The average Bonchev–Trinajstić information content (AvgIpc) is 3.33. The van der Waals surface area contributed by atoms with Gasteiger partial charge in [-0.25, -0.2) is 4.98 Å². The van der Waals surface area contributed by atoms with E-state index in [-0.39, 0.29) is 18.0 Å². The number of benzene rings is 1. The molecule has 11 heteroatoms. The van der Waals surface area contributed by atoms with Crippen LogP contribution in [0.3, 0.4) is 0 Å². The van der Waals surface area contributed by atoms with E-state index in [0.717, 1.165) is 47.5 Å². The molecule has 41 heavy (non-hydrogen) atoms. The van der Waals surface area contributed by atoms with Gasteiger partial charge in [-0.3, -0.25) is 9.00 Å². The number of aryl methyl sites for hydroxylation is 1. The smallest absolute Gasteiger partial charge is 0.254 e. The van der Waals surface area contributed by atoms with E-state index < -0.39 is 10.8 Å². The zero-order chi connectivity index (χ0) is 28.4. The number of nitrogens with zero attached hydrogens (tertiary/aromatic N) is 5. The summed E-state index contributed by atoms with van der Waals surface area (Å²) in [5.41, 5.74) is 10.2. The molecule has 216 valence electrons. The van der Waals surface area contributed by atoms with E-state index in [4.69, 9.17) is 25.2 Å². The van der Waals surface area contributed by atoms with Crippen LogP contribution in [-0.2, 0) is 23.9 Å². The first-order chi connectivity index (χ1) is 19.9. The fourth-order valence-electron chi connectivity index (χ4n) is 6.74. The standard InChI is InChI=1S/C30H36N6O4S/c1-39-24-14-20(30(37)36-16-19-6-8-22(36)26(19)31)12-21-27(24)34(10-11-41(3)38)29(32-21)23-13-18-7-9-25(40-2)33-28(18)35(23)15-17-4-5-17/h7,9,12-14,17,19,22,26H,4-6,8,10-11,15-16,31H2,1-3H3/t19-,22?,26-,41?/m1/s1. The van der Waals surface area contributed by atoms with E-state index in [9.17, 15) is 9.00 Å². The molecule has 2 unspecified atom stereocenters. The Morgan fingerprint density at radius 3 is 2.56 bits per heavy atom. The summed E-state index contributed by atoms with van der Waals surface area (Å²) < 4.78 is 27.9. The monoisotopic (exact) mass is 576 g/mol. The first-order valence-electron chi connectivity index (χ1n) is 14.4. The van der Waals surface area contributed by atoms with Crippen LogP contribution in [0.5, 0.6) is 11.6 Å². The van der Waals surface area contributed by atoms with Crippen molar-refractivity contribution in [3.8, 4) is 23.1 Å². The molecule has 2 N–H and O–H groups in total. The zero-order valence-corrected chi connectivity index (χ0v) is 24.5. The number of hydrogen-bond donors (Lipinski definition) is 1. The van der Waals surface area contributed by atoms with Crippen LogP contribution in [0.15, 0.2) is 30.3 Å². The third-order valence-electron chi connectivity index (χ3n) is 9.08. The molecule has 4 heterocycles. The van der Waals surface area contributed by atoms with Gasteiger partial charge in [0.2, 0.25) is 5.88 Å². The Morgan fingerprint density at radius 1 is 1.07 bits per heavy atom. The van der Waals surface area contributed by atoms with Crippen molar-refractivity contribution in [3.05, 3.63) is 35.9 Å². The second-order valence-electron chi connectivity index (χ2n) is 11.7. The first-order valence-corrected chi connectivity index (χ1v) is 16.1. The molecule has 3 aromatic heterocycles. The number of carbonyl (C=O) groups excluding carboxylic acids is 1. The van der Waals surface area contributed by atoms with Crippen LogP contribution >= 0.6 is 0 Å². The lowest BCUT2D eigenvalue weighted by molar-refractivity contribution is 0.0700. The predicted octanol–water partition coefficient (Wildman–Crippen LogP) is 3.42. The molecule has 3 fully saturated rings. The summed E-state index contributed by atoms with van der Waals surface area (Å²) in [4.78, 5) is 25.6.